The molecule has 0 radical (unpaired) electrons. The van der Waals surface area contributed by atoms with E-state index in [4.69, 9.17) is 4.98 Å². The third kappa shape index (κ3) is 4.20. The van der Waals surface area contributed by atoms with Gasteiger partial charge in [-0.1, -0.05) is 33.8 Å². The summed E-state index contributed by atoms with van der Waals surface area (Å²) in [4.78, 5) is 7.04. The molecule has 19 heavy (non-hydrogen) atoms. The Kier molecular flexibility index (Phi) is 6.85. The fraction of sp³-hybridized carbons (Fsp3) is 0.688. The average molecular weight is 264 g/mol. The fourth-order valence-electron chi connectivity index (χ4n) is 2.42. The molecular weight excluding hydrogens is 236 g/mol. The second kappa shape index (κ2) is 8.16. The van der Waals surface area contributed by atoms with Crippen LogP contribution in [0.4, 0.5) is 5.82 Å². The van der Waals surface area contributed by atoms with E-state index in [-0.39, 0.29) is 6.10 Å². The smallest absolute Gasteiger partial charge is 0.128 e. The third-order valence-electron chi connectivity index (χ3n) is 3.56. The first-order chi connectivity index (χ1) is 9.24. The Morgan fingerprint density at radius 1 is 1.16 bits per heavy atom. The molecule has 108 valence electrons. The van der Waals surface area contributed by atoms with E-state index in [0.717, 1.165) is 44.6 Å². The van der Waals surface area contributed by atoms with Gasteiger partial charge in [-0.2, -0.15) is 0 Å². The third-order valence-corrected chi connectivity index (χ3v) is 3.56. The van der Waals surface area contributed by atoms with E-state index in [1.807, 2.05) is 13.8 Å². The van der Waals surface area contributed by atoms with Crippen molar-refractivity contribution >= 4 is 5.82 Å². The predicted molar refractivity (Wildman–Crippen MR) is 81.8 cm³/mol. The highest BCUT2D eigenvalue weighted by molar-refractivity contribution is 5.42. The highest BCUT2D eigenvalue weighted by atomic mass is 16.3. The van der Waals surface area contributed by atoms with Crippen LogP contribution in [-0.4, -0.2) is 29.3 Å². The molecule has 0 amide bonds. The van der Waals surface area contributed by atoms with E-state index < -0.39 is 0 Å². The minimum Gasteiger partial charge on any atom is -0.393 e. The monoisotopic (exact) mass is 264 g/mol. The van der Waals surface area contributed by atoms with Gasteiger partial charge in [0.15, 0.2) is 0 Å². The first kappa shape index (κ1) is 16.0. The number of piperidine rings is 1. The van der Waals surface area contributed by atoms with Gasteiger partial charge in [0.2, 0.25) is 0 Å². The van der Waals surface area contributed by atoms with Crippen molar-refractivity contribution in [3.63, 3.8) is 0 Å². The predicted octanol–water partition coefficient (Wildman–Crippen LogP) is 3.19. The Hall–Kier alpha value is -1.09. The van der Waals surface area contributed by atoms with Crippen LogP contribution in [0.2, 0.25) is 0 Å². The lowest BCUT2D eigenvalue weighted by Crippen LogP contribution is -2.36. The standard InChI is InChI=1S/C14H22N2O.C2H6/c1-3-11-5-6-14(15-13(11)4-2)16-9-7-12(17)8-10-16;1-2/h5-6,12,17H,3-4,7-10H2,1-2H3;1-2H3. The first-order valence-electron chi connectivity index (χ1n) is 7.66. The molecule has 0 aliphatic carbocycles. The maximum absolute atomic E-state index is 9.51. The molecule has 0 bridgehead atoms. The topological polar surface area (TPSA) is 36.4 Å². The van der Waals surface area contributed by atoms with Crippen molar-refractivity contribution in [1.29, 1.82) is 0 Å². The van der Waals surface area contributed by atoms with Gasteiger partial charge >= 0.3 is 0 Å². The van der Waals surface area contributed by atoms with E-state index in [2.05, 4.69) is 30.9 Å². The quantitative estimate of drug-likeness (QED) is 0.911. The first-order valence-corrected chi connectivity index (χ1v) is 7.66. The van der Waals surface area contributed by atoms with Gasteiger partial charge in [0, 0.05) is 18.8 Å². The zero-order valence-electron chi connectivity index (χ0n) is 12.8. The van der Waals surface area contributed by atoms with Crippen molar-refractivity contribution in [1.82, 2.24) is 4.98 Å². The normalized spacial score (nSPS) is 15.9. The molecule has 3 heteroatoms. The van der Waals surface area contributed by atoms with Gasteiger partial charge in [-0.05, 0) is 37.3 Å². The molecule has 2 heterocycles. The number of aliphatic hydroxyl groups excluding tert-OH is 1. The van der Waals surface area contributed by atoms with Gasteiger partial charge in [-0.25, -0.2) is 4.98 Å². The summed E-state index contributed by atoms with van der Waals surface area (Å²) in [6.45, 7) is 10.2. The fourth-order valence-corrected chi connectivity index (χ4v) is 2.42. The van der Waals surface area contributed by atoms with E-state index >= 15 is 0 Å². The Morgan fingerprint density at radius 2 is 1.79 bits per heavy atom. The molecular formula is C16H28N2O. The number of aromatic nitrogens is 1. The van der Waals surface area contributed by atoms with E-state index in [9.17, 15) is 5.11 Å². The second-order valence-electron chi connectivity index (χ2n) is 4.70. The Bertz CT molecular complexity index is 371. The number of nitrogens with zero attached hydrogens (tertiary/aromatic N) is 2. The number of rotatable bonds is 3. The van der Waals surface area contributed by atoms with Crippen molar-refractivity contribution in [3.05, 3.63) is 23.4 Å². The van der Waals surface area contributed by atoms with Crippen LogP contribution in [0.5, 0.6) is 0 Å². The molecule has 0 aromatic carbocycles. The Balaban J connectivity index is 0.000000861. The van der Waals surface area contributed by atoms with E-state index in [0.29, 0.717) is 0 Å². The molecule has 3 nitrogen and oxygen atoms in total. The number of hydrogen-bond donors (Lipinski definition) is 1. The zero-order chi connectivity index (χ0) is 14.3. The van der Waals surface area contributed by atoms with Crippen molar-refractivity contribution in [2.75, 3.05) is 18.0 Å². The summed E-state index contributed by atoms with van der Waals surface area (Å²) in [5.74, 6) is 1.07. The lowest BCUT2D eigenvalue weighted by Gasteiger charge is -2.31. The summed E-state index contributed by atoms with van der Waals surface area (Å²) in [5.41, 5.74) is 2.57. The van der Waals surface area contributed by atoms with Gasteiger partial charge in [0.1, 0.15) is 5.82 Å². The van der Waals surface area contributed by atoms with Crippen LogP contribution in [0.15, 0.2) is 12.1 Å². The maximum Gasteiger partial charge on any atom is 0.128 e. The van der Waals surface area contributed by atoms with Gasteiger partial charge in [-0.15, -0.1) is 0 Å². The Morgan fingerprint density at radius 3 is 2.32 bits per heavy atom. The molecule has 1 saturated heterocycles. The maximum atomic E-state index is 9.51. The molecule has 1 aromatic rings. The number of hydrogen-bond acceptors (Lipinski definition) is 3. The lowest BCUT2D eigenvalue weighted by atomic mass is 10.1. The summed E-state index contributed by atoms with van der Waals surface area (Å²) in [6.07, 6.45) is 3.65. The van der Waals surface area contributed by atoms with Crippen LogP contribution in [0.3, 0.4) is 0 Å². The SMILES string of the molecule is CC.CCc1ccc(N2CCC(O)CC2)nc1CC. The van der Waals surface area contributed by atoms with Gasteiger partial charge in [0.05, 0.1) is 6.10 Å². The van der Waals surface area contributed by atoms with Crippen LogP contribution in [0.1, 0.15) is 51.8 Å². The van der Waals surface area contributed by atoms with Crippen molar-refractivity contribution < 1.29 is 5.11 Å². The number of anilines is 1. The van der Waals surface area contributed by atoms with Crippen molar-refractivity contribution in [2.45, 2.75) is 59.5 Å². The van der Waals surface area contributed by atoms with Crippen molar-refractivity contribution in [2.24, 2.45) is 0 Å². The summed E-state index contributed by atoms with van der Waals surface area (Å²) in [5, 5.41) is 9.51. The summed E-state index contributed by atoms with van der Waals surface area (Å²) < 4.78 is 0. The largest absolute Gasteiger partial charge is 0.393 e. The van der Waals surface area contributed by atoms with Crippen molar-refractivity contribution in [3.8, 4) is 0 Å². The molecule has 0 unspecified atom stereocenters. The molecule has 0 spiro atoms. The van der Waals surface area contributed by atoms with Crippen LogP contribution in [-0.2, 0) is 12.8 Å². The molecule has 1 aromatic heterocycles. The van der Waals surface area contributed by atoms with Crippen LogP contribution in [0, 0.1) is 0 Å². The molecule has 0 atom stereocenters. The molecule has 1 N–H and O–H groups in total. The highest BCUT2D eigenvalue weighted by Gasteiger charge is 2.18. The lowest BCUT2D eigenvalue weighted by molar-refractivity contribution is 0.145. The summed E-state index contributed by atoms with van der Waals surface area (Å²) in [6, 6.07) is 4.32. The molecule has 2 rings (SSSR count). The van der Waals surface area contributed by atoms with E-state index in [1.54, 1.807) is 0 Å². The summed E-state index contributed by atoms with van der Waals surface area (Å²) in [7, 11) is 0. The Labute approximate surface area is 117 Å². The highest BCUT2D eigenvalue weighted by Crippen LogP contribution is 2.20. The zero-order valence-corrected chi connectivity index (χ0v) is 12.8. The van der Waals surface area contributed by atoms with Crippen LogP contribution >= 0.6 is 0 Å². The minimum absolute atomic E-state index is 0.119. The number of aliphatic hydroxyl groups is 1. The van der Waals surface area contributed by atoms with Crippen LogP contribution in [0.25, 0.3) is 0 Å². The number of pyridine rings is 1. The molecule has 1 fully saturated rings. The van der Waals surface area contributed by atoms with Gasteiger partial charge in [0.25, 0.3) is 0 Å². The second-order valence-corrected chi connectivity index (χ2v) is 4.70. The number of aryl methyl sites for hydroxylation is 2. The molecule has 1 aliphatic rings. The van der Waals surface area contributed by atoms with Crippen LogP contribution < -0.4 is 4.90 Å². The molecule has 0 saturated carbocycles. The van der Waals surface area contributed by atoms with E-state index in [1.165, 1.54) is 11.3 Å². The van der Waals surface area contributed by atoms with Gasteiger partial charge < -0.3 is 10.0 Å². The molecule has 1 aliphatic heterocycles. The average Bonchev–Trinajstić information content (AvgIpc) is 2.49. The van der Waals surface area contributed by atoms with Gasteiger partial charge in [-0.3, -0.25) is 0 Å². The summed E-state index contributed by atoms with van der Waals surface area (Å²) >= 11 is 0. The minimum atomic E-state index is -0.119.